The summed E-state index contributed by atoms with van der Waals surface area (Å²) in [5.41, 5.74) is -0.259. The molecule has 2 rings (SSSR count). The Morgan fingerprint density at radius 2 is 1.86 bits per heavy atom. The van der Waals surface area contributed by atoms with E-state index in [-0.39, 0.29) is 5.69 Å². The second-order valence-electron chi connectivity index (χ2n) is 4.31. The predicted molar refractivity (Wildman–Crippen MR) is 73.1 cm³/mol. The number of aryl methyl sites for hydroxylation is 1. The molecule has 0 aliphatic rings. The molecule has 4 nitrogen and oxygen atoms in total. The Morgan fingerprint density at radius 3 is 2.48 bits per heavy atom. The Kier molecular flexibility index (Phi) is 3.91. The third-order valence-electron chi connectivity index (χ3n) is 2.75. The lowest BCUT2D eigenvalue weighted by Gasteiger charge is -2.10. The number of hydrogen-bond donors (Lipinski definition) is 1. The molecule has 2 aromatic rings. The van der Waals surface area contributed by atoms with E-state index in [0.29, 0.717) is 5.56 Å². The van der Waals surface area contributed by atoms with E-state index in [4.69, 9.17) is 5.26 Å². The Morgan fingerprint density at radius 1 is 1.14 bits per heavy atom. The molecule has 0 bridgehead atoms. The van der Waals surface area contributed by atoms with Crippen molar-refractivity contribution in [2.75, 3.05) is 4.72 Å². The van der Waals surface area contributed by atoms with Crippen LogP contribution in [-0.2, 0) is 10.0 Å². The van der Waals surface area contributed by atoms with Gasteiger partial charge in [0.05, 0.1) is 5.69 Å². The summed E-state index contributed by atoms with van der Waals surface area (Å²) in [7, 11) is -4.27. The van der Waals surface area contributed by atoms with E-state index >= 15 is 0 Å². The average Bonchev–Trinajstić information content (AvgIpc) is 2.41. The molecular weight excluding hydrogens is 298 g/mol. The van der Waals surface area contributed by atoms with Gasteiger partial charge in [0, 0.05) is 0 Å². The molecule has 0 aromatic heterocycles. The van der Waals surface area contributed by atoms with Crippen molar-refractivity contribution in [3.05, 3.63) is 59.2 Å². The summed E-state index contributed by atoms with van der Waals surface area (Å²) in [6.45, 7) is 1.65. The van der Waals surface area contributed by atoms with Gasteiger partial charge >= 0.3 is 0 Å². The van der Waals surface area contributed by atoms with Gasteiger partial charge in [-0.1, -0.05) is 12.1 Å². The minimum atomic E-state index is -4.27. The highest BCUT2D eigenvalue weighted by molar-refractivity contribution is 7.92. The number of nitrogens with one attached hydrogen (secondary N) is 1. The second-order valence-corrected chi connectivity index (χ2v) is 5.96. The molecule has 0 amide bonds. The first-order valence-electron chi connectivity index (χ1n) is 5.83. The maximum atomic E-state index is 13.7. The number of nitriles is 1. The van der Waals surface area contributed by atoms with Gasteiger partial charge in [0.1, 0.15) is 28.2 Å². The van der Waals surface area contributed by atoms with Crippen LogP contribution in [0.2, 0.25) is 0 Å². The van der Waals surface area contributed by atoms with Crippen molar-refractivity contribution in [2.45, 2.75) is 11.8 Å². The van der Waals surface area contributed by atoms with Crippen molar-refractivity contribution >= 4 is 15.7 Å². The fourth-order valence-corrected chi connectivity index (χ4v) is 2.97. The molecular formula is C14H10F2N2O2S. The lowest BCUT2D eigenvalue weighted by molar-refractivity contribution is 0.591. The van der Waals surface area contributed by atoms with Gasteiger partial charge in [0.25, 0.3) is 10.0 Å². The lowest BCUT2D eigenvalue weighted by Crippen LogP contribution is -2.16. The van der Waals surface area contributed by atoms with Gasteiger partial charge in [0.2, 0.25) is 0 Å². The van der Waals surface area contributed by atoms with Gasteiger partial charge in [-0.3, -0.25) is 4.72 Å². The average molecular weight is 308 g/mol. The van der Waals surface area contributed by atoms with Crippen LogP contribution < -0.4 is 4.72 Å². The molecule has 0 atom stereocenters. The van der Waals surface area contributed by atoms with Gasteiger partial charge in [-0.25, -0.2) is 17.2 Å². The van der Waals surface area contributed by atoms with Crippen LogP contribution in [0.3, 0.4) is 0 Å². The predicted octanol–water partition coefficient (Wildman–Crippen LogP) is 2.95. The monoisotopic (exact) mass is 308 g/mol. The number of sulfonamides is 1. The third kappa shape index (κ3) is 3.01. The normalized spacial score (nSPS) is 11.0. The first kappa shape index (κ1) is 14.9. The summed E-state index contributed by atoms with van der Waals surface area (Å²) < 4.78 is 53.5. The maximum Gasteiger partial charge on any atom is 0.263 e. The molecule has 0 saturated carbocycles. The van der Waals surface area contributed by atoms with Crippen LogP contribution in [0, 0.1) is 29.9 Å². The second kappa shape index (κ2) is 5.50. The Balaban J connectivity index is 2.49. The highest BCUT2D eigenvalue weighted by Crippen LogP contribution is 2.23. The maximum absolute atomic E-state index is 13.7. The SMILES string of the molecule is Cc1ccc(NS(=O)(=O)c2cccc(F)c2C#N)c(F)c1. The van der Waals surface area contributed by atoms with Crippen molar-refractivity contribution in [2.24, 2.45) is 0 Å². The van der Waals surface area contributed by atoms with Crippen LogP contribution in [-0.4, -0.2) is 8.42 Å². The summed E-state index contributed by atoms with van der Waals surface area (Å²) in [4.78, 5) is -0.537. The summed E-state index contributed by atoms with van der Waals surface area (Å²) >= 11 is 0. The molecule has 21 heavy (non-hydrogen) atoms. The zero-order valence-corrected chi connectivity index (χ0v) is 11.7. The van der Waals surface area contributed by atoms with Gasteiger partial charge in [-0.05, 0) is 36.8 Å². The Hall–Kier alpha value is -2.46. The highest BCUT2D eigenvalue weighted by Gasteiger charge is 2.22. The number of halogens is 2. The van der Waals surface area contributed by atoms with Gasteiger partial charge in [-0.2, -0.15) is 5.26 Å². The van der Waals surface area contributed by atoms with Crippen LogP contribution in [0.15, 0.2) is 41.3 Å². The quantitative estimate of drug-likeness (QED) is 0.947. The van der Waals surface area contributed by atoms with Crippen LogP contribution >= 0.6 is 0 Å². The first-order valence-corrected chi connectivity index (χ1v) is 7.31. The van der Waals surface area contributed by atoms with Crippen molar-refractivity contribution < 1.29 is 17.2 Å². The fraction of sp³-hybridized carbons (Fsp3) is 0.0714. The summed E-state index contributed by atoms with van der Waals surface area (Å²) in [6.07, 6.45) is 0. The zero-order valence-electron chi connectivity index (χ0n) is 10.9. The summed E-state index contributed by atoms with van der Waals surface area (Å²) in [5, 5.41) is 8.86. The van der Waals surface area contributed by atoms with Crippen LogP contribution in [0.25, 0.3) is 0 Å². The molecule has 0 aliphatic heterocycles. The van der Waals surface area contributed by atoms with Crippen LogP contribution in [0.1, 0.15) is 11.1 Å². The number of benzene rings is 2. The molecule has 0 saturated heterocycles. The van der Waals surface area contributed by atoms with E-state index in [1.165, 1.54) is 18.2 Å². The minimum Gasteiger partial charge on any atom is -0.277 e. The van der Waals surface area contributed by atoms with Gasteiger partial charge in [0.15, 0.2) is 0 Å². The number of hydrogen-bond acceptors (Lipinski definition) is 3. The molecule has 0 heterocycles. The molecule has 0 spiro atoms. The topological polar surface area (TPSA) is 70.0 Å². The number of rotatable bonds is 3. The molecule has 0 fully saturated rings. The van der Waals surface area contributed by atoms with Gasteiger partial charge in [-0.15, -0.1) is 0 Å². The largest absolute Gasteiger partial charge is 0.277 e. The van der Waals surface area contributed by atoms with E-state index in [1.54, 1.807) is 6.92 Å². The van der Waals surface area contributed by atoms with Crippen LogP contribution in [0.4, 0.5) is 14.5 Å². The van der Waals surface area contributed by atoms with Crippen LogP contribution in [0.5, 0.6) is 0 Å². The molecule has 0 unspecified atom stereocenters. The Bertz CT molecular complexity index is 843. The van der Waals surface area contributed by atoms with Crippen molar-refractivity contribution in [3.63, 3.8) is 0 Å². The van der Waals surface area contributed by atoms with E-state index in [2.05, 4.69) is 0 Å². The molecule has 0 radical (unpaired) electrons. The molecule has 0 aliphatic carbocycles. The van der Waals surface area contributed by atoms with E-state index in [9.17, 15) is 17.2 Å². The Labute approximate surface area is 120 Å². The van der Waals surface area contributed by atoms with E-state index in [1.807, 2.05) is 4.72 Å². The smallest absolute Gasteiger partial charge is 0.263 e. The highest BCUT2D eigenvalue weighted by atomic mass is 32.2. The summed E-state index contributed by atoms with van der Waals surface area (Å²) in [6, 6.07) is 8.65. The molecule has 108 valence electrons. The number of anilines is 1. The van der Waals surface area contributed by atoms with E-state index < -0.39 is 32.1 Å². The fourth-order valence-electron chi connectivity index (χ4n) is 1.74. The van der Waals surface area contributed by atoms with Crippen molar-refractivity contribution in [1.82, 2.24) is 0 Å². The van der Waals surface area contributed by atoms with E-state index in [0.717, 1.165) is 24.3 Å². The standard InChI is InChI=1S/C14H10F2N2O2S/c1-9-5-6-13(12(16)7-9)18-21(19,20)14-4-2-3-11(15)10(14)8-17/h2-7,18H,1H3. The third-order valence-corrected chi connectivity index (χ3v) is 4.15. The molecule has 2 aromatic carbocycles. The lowest BCUT2D eigenvalue weighted by atomic mass is 10.2. The summed E-state index contributed by atoms with van der Waals surface area (Å²) in [5.74, 6) is -1.71. The van der Waals surface area contributed by atoms with Gasteiger partial charge < -0.3 is 0 Å². The number of nitrogens with zero attached hydrogens (tertiary/aromatic N) is 1. The molecule has 7 heteroatoms. The van der Waals surface area contributed by atoms with Crippen molar-refractivity contribution in [3.8, 4) is 6.07 Å². The first-order chi connectivity index (χ1) is 9.85. The zero-order chi connectivity index (χ0) is 15.6. The minimum absolute atomic E-state index is 0.270. The molecule has 1 N–H and O–H groups in total. The van der Waals surface area contributed by atoms with Crippen molar-refractivity contribution in [1.29, 1.82) is 5.26 Å².